The number of rotatable bonds is 5. The first kappa shape index (κ1) is 20.3. The number of hydrogen-bond acceptors (Lipinski definition) is 7. The van der Waals surface area contributed by atoms with Gasteiger partial charge in [0.1, 0.15) is 16.7 Å². The van der Waals surface area contributed by atoms with Gasteiger partial charge in [-0.15, -0.1) is 11.3 Å². The number of aromatic nitrogens is 6. The fourth-order valence-electron chi connectivity index (χ4n) is 4.26. The van der Waals surface area contributed by atoms with Crippen LogP contribution < -0.4 is 10.9 Å². The van der Waals surface area contributed by atoms with E-state index in [1.54, 1.807) is 22.5 Å². The van der Waals surface area contributed by atoms with Crippen LogP contribution in [0.5, 0.6) is 0 Å². The van der Waals surface area contributed by atoms with Crippen LogP contribution in [-0.2, 0) is 0 Å². The molecule has 0 saturated carbocycles. The van der Waals surface area contributed by atoms with E-state index < -0.39 is 0 Å². The van der Waals surface area contributed by atoms with Gasteiger partial charge in [-0.1, -0.05) is 36.4 Å². The first-order chi connectivity index (χ1) is 16.7. The highest BCUT2D eigenvalue weighted by molar-refractivity contribution is 7.16. The maximum absolute atomic E-state index is 14.1. The van der Waals surface area contributed by atoms with E-state index in [0.29, 0.717) is 11.2 Å². The molecule has 1 atom stereocenters. The lowest BCUT2D eigenvalue weighted by molar-refractivity contribution is 0.774. The van der Waals surface area contributed by atoms with E-state index in [0.717, 1.165) is 38.2 Å². The van der Waals surface area contributed by atoms with Crippen molar-refractivity contribution < 1.29 is 0 Å². The van der Waals surface area contributed by atoms with Crippen molar-refractivity contribution in [2.24, 2.45) is 0 Å². The van der Waals surface area contributed by atoms with Crippen molar-refractivity contribution in [1.29, 1.82) is 0 Å². The number of nitrogens with one attached hydrogen (secondary N) is 2. The minimum Gasteiger partial charge on any atom is -0.360 e. The van der Waals surface area contributed by atoms with Gasteiger partial charge in [-0.2, -0.15) is 5.10 Å². The zero-order valence-corrected chi connectivity index (χ0v) is 19.0. The summed E-state index contributed by atoms with van der Waals surface area (Å²) in [7, 11) is 0. The van der Waals surface area contributed by atoms with E-state index in [4.69, 9.17) is 0 Å². The van der Waals surface area contributed by atoms with Gasteiger partial charge in [-0.25, -0.2) is 15.0 Å². The smallest absolute Gasteiger partial charge is 0.263 e. The molecule has 0 aliphatic carbocycles. The van der Waals surface area contributed by atoms with Crippen molar-refractivity contribution in [2.45, 2.75) is 13.0 Å². The summed E-state index contributed by atoms with van der Waals surface area (Å²) in [5.74, 6) is 0.637. The van der Waals surface area contributed by atoms with Gasteiger partial charge in [0, 0.05) is 23.1 Å². The number of anilines is 1. The van der Waals surface area contributed by atoms with Gasteiger partial charge in [0.2, 0.25) is 0 Å². The van der Waals surface area contributed by atoms with Crippen LogP contribution in [0.4, 0.5) is 5.82 Å². The molecule has 0 amide bonds. The molecule has 4 aromatic heterocycles. The van der Waals surface area contributed by atoms with Gasteiger partial charge in [0.15, 0.2) is 5.82 Å². The molecule has 6 aromatic rings. The normalized spacial score (nSPS) is 12.3. The Morgan fingerprint density at radius 1 is 1.06 bits per heavy atom. The van der Waals surface area contributed by atoms with Gasteiger partial charge in [0.25, 0.3) is 5.56 Å². The minimum absolute atomic E-state index is 0.0920. The highest BCUT2D eigenvalue weighted by Crippen LogP contribution is 2.30. The Morgan fingerprint density at radius 2 is 1.94 bits per heavy atom. The summed E-state index contributed by atoms with van der Waals surface area (Å²) in [5.41, 5.74) is 5.70. The molecule has 0 bridgehead atoms. The van der Waals surface area contributed by atoms with E-state index >= 15 is 0 Å². The lowest BCUT2D eigenvalue weighted by atomic mass is 10.00. The van der Waals surface area contributed by atoms with E-state index in [2.05, 4.69) is 36.5 Å². The first-order valence-corrected chi connectivity index (χ1v) is 11.6. The third-order valence-corrected chi connectivity index (χ3v) is 6.56. The van der Waals surface area contributed by atoms with Crippen molar-refractivity contribution in [3.05, 3.63) is 94.9 Å². The van der Waals surface area contributed by atoms with Gasteiger partial charge in [-0.05, 0) is 36.1 Å². The average molecular weight is 466 g/mol. The molecule has 0 spiro atoms. The number of thiazole rings is 1. The molecule has 4 heterocycles. The molecule has 0 saturated heterocycles. The van der Waals surface area contributed by atoms with Crippen LogP contribution >= 0.6 is 11.3 Å². The van der Waals surface area contributed by atoms with Crippen LogP contribution in [0.1, 0.15) is 18.7 Å². The number of H-pyrrole nitrogens is 1. The maximum atomic E-state index is 14.1. The molecule has 34 heavy (non-hydrogen) atoms. The second kappa shape index (κ2) is 8.20. The number of aromatic amines is 1. The molecule has 1 unspecified atom stereocenters. The number of para-hydroxylation sites is 1. The summed E-state index contributed by atoms with van der Waals surface area (Å²) in [6.07, 6.45) is 5.05. The Kier molecular flexibility index (Phi) is 4.88. The van der Waals surface area contributed by atoms with Crippen LogP contribution in [0.15, 0.2) is 83.6 Å². The van der Waals surface area contributed by atoms with Gasteiger partial charge >= 0.3 is 0 Å². The standard InChI is InChI=1S/C25H19N7OS/c1-15(31-23-22-24(27-13-26-23)34-14-28-22)20-10-16-6-5-9-19(17-11-29-30-12-17)21(16)25(33)32(20)18-7-3-2-4-8-18/h2-15H,1H3,(H,29,30)(H,26,27,31). The summed E-state index contributed by atoms with van der Waals surface area (Å²) in [4.78, 5) is 28.0. The number of pyridine rings is 1. The zero-order valence-electron chi connectivity index (χ0n) is 18.1. The van der Waals surface area contributed by atoms with Crippen molar-refractivity contribution in [2.75, 3.05) is 5.32 Å². The monoisotopic (exact) mass is 465 g/mol. The molecule has 6 rings (SSSR count). The fourth-order valence-corrected chi connectivity index (χ4v) is 4.89. The third-order valence-electron chi connectivity index (χ3n) is 5.83. The van der Waals surface area contributed by atoms with Crippen LogP contribution in [0.3, 0.4) is 0 Å². The Balaban J connectivity index is 1.58. The molecule has 0 fully saturated rings. The summed E-state index contributed by atoms with van der Waals surface area (Å²) in [6, 6.07) is 17.4. The number of nitrogens with zero attached hydrogens (tertiary/aromatic N) is 5. The van der Waals surface area contributed by atoms with Crippen LogP contribution in [0, 0.1) is 0 Å². The molecule has 2 N–H and O–H groups in total. The van der Waals surface area contributed by atoms with Gasteiger partial charge in [-0.3, -0.25) is 14.5 Å². The lowest BCUT2D eigenvalue weighted by Gasteiger charge is -2.22. The first-order valence-electron chi connectivity index (χ1n) is 10.7. The lowest BCUT2D eigenvalue weighted by Crippen LogP contribution is -2.26. The third kappa shape index (κ3) is 3.34. The van der Waals surface area contributed by atoms with Crippen molar-refractivity contribution >= 4 is 38.3 Å². The van der Waals surface area contributed by atoms with Crippen LogP contribution in [0.25, 0.3) is 37.9 Å². The summed E-state index contributed by atoms with van der Waals surface area (Å²) in [6.45, 7) is 2.01. The Hall–Kier alpha value is -4.37. The maximum Gasteiger partial charge on any atom is 0.263 e. The SMILES string of the molecule is CC(Nc1ncnc2scnc12)c1cc2cccc(-c3cn[nH]c3)c2c(=O)n1-c1ccccc1. The van der Waals surface area contributed by atoms with Gasteiger partial charge in [0.05, 0.1) is 23.1 Å². The van der Waals surface area contributed by atoms with Crippen LogP contribution in [0.2, 0.25) is 0 Å². The quantitative estimate of drug-likeness (QED) is 0.373. The summed E-state index contributed by atoms with van der Waals surface area (Å²) in [5, 5.41) is 11.9. The Bertz CT molecular complexity index is 1670. The van der Waals surface area contributed by atoms with E-state index in [1.807, 2.05) is 55.5 Å². The summed E-state index contributed by atoms with van der Waals surface area (Å²) >= 11 is 1.46. The number of hydrogen-bond donors (Lipinski definition) is 2. The Labute approximate surface area is 198 Å². The van der Waals surface area contributed by atoms with Gasteiger partial charge < -0.3 is 5.32 Å². The highest BCUT2D eigenvalue weighted by atomic mass is 32.1. The molecular formula is C25H19N7OS. The van der Waals surface area contributed by atoms with E-state index in [9.17, 15) is 4.79 Å². The second-order valence-corrected chi connectivity index (χ2v) is 8.73. The average Bonchev–Trinajstić information content (AvgIpc) is 3.57. The largest absolute Gasteiger partial charge is 0.360 e. The molecule has 0 aliphatic heterocycles. The predicted molar refractivity (Wildman–Crippen MR) is 134 cm³/mol. The molecule has 8 nitrogen and oxygen atoms in total. The number of fused-ring (bicyclic) bond motifs is 2. The fraction of sp³-hybridized carbons (Fsp3) is 0.0800. The number of benzene rings is 2. The molecule has 166 valence electrons. The molecule has 0 aliphatic rings. The minimum atomic E-state index is -0.241. The molecule has 0 radical (unpaired) electrons. The van der Waals surface area contributed by atoms with Crippen molar-refractivity contribution in [3.8, 4) is 16.8 Å². The second-order valence-electron chi connectivity index (χ2n) is 7.90. The Morgan fingerprint density at radius 3 is 2.76 bits per heavy atom. The molecule has 2 aromatic carbocycles. The van der Waals surface area contributed by atoms with E-state index in [-0.39, 0.29) is 11.6 Å². The topological polar surface area (TPSA) is 101 Å². The van der Waals surface area contributed by atoms with Crippen molar-refractivity contribution in [1.82, 2.24) is 29.7 Å². The zero-order chi connectivity index (χ0) is 23.1. The molecule has 9 heteroatoms. The van der Waals surface area contributed by atoms with Crippen molar-refractivity contribution in [3.63, 3.8) is 0 Å². The predicted octanol–water partition coefficient (Wildman–Crippen LogP) is 4.95. The van der Waals surface area contributed by atoms with Crippen LogP contribution in [-0.4, -0.2) is 29.7 Å². The summed E-state index contributed by atoms with van der Waals surface area (Å²) < 4.78 is 1.77. The highest BCUT2D eigenvalue weighted by Gasteiger charge is 2.20. The van der Waals surface area contributed by atoms with E-state index in [1.165, 1.54) is 17.7 Å². The molecular weight excluding hydrogens is 446 g/mol.